The molecular weight excluding hydrogens is 256 g/mol. The molecule has 0 aliphatic carbocycles. The summed E-state index contributed by atoms with van der Waals surface area (Å²) in [6.07, 6.45) is 3.20. The van der Waals surface area contributed by atoms with Crippen LogP contribution in [0.3, 0.4) is 0 Å². The minimum atomic E-state index is -0.110. The number of pyridine rings is 1. The Balaban J connectivity index is 1.86. The molecule has 3 rings (SSSR count). The smallest absolute Gasteiger partial charge is 0.243 e. The van der Waals surface area contributed by atoms with Crippen molar-refractivity contribution < 1.29 is 4.79 Å². The molecule has 0 aromatic carbocycles. The van der Waals surface area contributed by atoms with Gasteiger partial charge in [0.2, 0.25) is 5.91 Å². The van der Waals surface area contributed by atoms with Gasteiger partial charge in [-0.25, -0.2) is 9.97 Å². The van der Waals surface area contributed by atoms with E-state index in [-0.39, 0.29) is 18.5 Å². The van der Waals surface area contributed by atoms with Gasteiger partial charge in [-0.3, -0.25) is 9.78 Å². The van der Waals surface area contributed by atoms with Crippen molar-refractivity contribution in [3.63, 3.8) is 0 Å². The quantitative estimate of drug-likeness (QED) is 0.781. The van der Waals surface area contributed by atoms with E-state index in [0.29, 0.717) is 17.3 Å². The molecule has 0 spiro atoms. The van der Waals surface area contributed by atoms with Crippen LogP contribution in [0.4, 0.5) is 17.3 Å². The molecule has 20 heavy (non-hydrogen) atoms. The Kier molecular flexibility index (Phi) is 3.16. The van der Waals surface area contributed by atoms with E-state index in [9.17, 15) is 4.79 Å². The normalized spacial score (nSPS) is 14.8. The highest BCUT2D eigenvalue weighted by molar-refractivity contribution is 6.02. The number of nitrogens with one attached hydrogen (secondary N) is 3. The average Bonchev–Trinajstić information content (AvgIpc) is 2.49. The van der Waals surface area contributed by atoms with Crippen molar-refractivity contribution in [2.45, 2.75) is 13.0 Å². The lowest BCUT2D eigenvalue weighted by atomic mass is 10.2. The lowest BCUT2D eigenvalue weighted by molar-refractivity contribution is -0.114. The molecule has 0 fully saturated rings. The fraction of sp³-hybridized carbons (Fsp3) is 0.231. The minimum absolute atomic E-state index is 0.0333. The van der Waals surface area contributed by atoms with Crippen LogP contribution < -0.4 is 16.0 Å². The molecule has 0 saturated carbocycles. The number of nitrogens with zero attached hydrogens (tertiary/aromatic N) is 3. The second-order valence-electron chi connectivity index (χ2n) is 4.47. The zero-order valence-electron chi connectivity index (χ0n) is 10.9. The minimum Gasteiger partial charge on any atom is -0.360 e. The van der Waals surface area contributed by atoms with Crippen molar-refractivity contribution in [3.8, 4) is 0 Å². The maximum Gasteiger partial charge on any atom is 0.243 e. The molecule has 3 N–H and O–H groups in total. The molecule has 2 aromatic rings. The number of amides is 1. The Hall–Kier alpha value is -2.70. The maximum absolute atomic E-state index is 11.5. The van der Waals surface area contributed by atoms with E-state index in [4.69, 9.17) is 0 Å². The van der Waals surface area contributed by atoms with Gasteiger partial charge in [0, 0.05) is 6.20 Å². The molecule has 0 unspecified atom stereocenters. The summed E-state index contributed by atoms with van der Waals surface area (Å²) in [7, 11) is 0. The third-order valence-electron chi connectivity index (χ3n) is 3.01. The first-order chi connectivity index (χ1) is 9.74. The summed E-state index contributed by atoms with van der Waals surface area (Å²) >= 11 is 0. The van der Waals surface area contributed by atoms with E-state index in [1.165, 1.54) is 6.33 Å². The number of carbonyl (C=O) groups excluding carboxylic acids is 1. The highest BCUT2D eigenvalue weighted by atomic mass is 16.2. The molecule has 0 bridgehead atoms. The number of anilines is 3. The number of aromatic nitrogens is 3. The predicted molar refractivity (Wildman–Crippen MR) is 75.4 cm³/mol. The lowest BCUT2D eigenvalue weighted by Crippen LogP contribution is -2.29. The van der Waals surface area contributed by atoms with Crippen molar-refractivity contribution in [1.82, 2.24) is 15.0 Å². The van der Waals surface area contributed by atoms with Gasteiger partial charge in [-0.2, -0.15) is 0 Å². The second-order valence-corrected chi connectivity index (χ2v) is 4.47. The second kappa shape index (κ2) is 5.12. The van der Waals surface area contributed by atoms with Crippen LogP contribution in [0.2, 0.25) is 0 Å². The highest BCUT2D eigenvalue weighted by Crippen LogP contribution is 2.30. The molecule has 1 amide bonds. The first kappa shape index (κ1) is 12.3. The van der Waals surface area contributed by atoms with Crippen LogP contribution >= 0.6 is 0 Å². The number of carbonyl (C=O) groups is 1. The van der Waals surface area contributed by atoms with Crippen molar-refractivity contribution in [1.29, 1.82) is 0 Å². The molecule has 2 aromatic heterocycles. The third-order valence-corrected chi connectivity index (χ3v) is 3.01. The van der Waals surface area contributed by atoms with E-state index in [1.54, 1.807) is 6.20 Å². The van der Waals surface area contributed by atoms with Crippen LogP contribution in [-0.2, 0) is 4.79 Å². The Morgan fingerprint density at radius 1 is 1.30 bits per heavy atom. The molecule has 102 valence electrons. The van der Waals surface area contributed by atoms with E-state index in [1.807, 2.05) is 25.1 Å². The van der Waals surface area contributed by atoms with Gasteiger partial charge in [-0.1, -0.05) is 6.07 Å². The van der Waals surface area contributed by atoms with Crippen LogP contribution in [0.15, 0.2) is 30.7 Å². The van der Waals surface area contributed by atoms with Gasteiger partial charge >= 0.3 is 0 Å². The van der Waals surface area contributed by atoms with Crippen molar-refractivity contribution in [2.75, 3.05) is 22.5 Å². The Labute approximate surface area is 115 Å². The molecule has 0 saturated heterocycles. The van der Waals surface area contributed by atoms with Crippen molar-refractivity contribution in [3.05, 3.63) is 36.4 Å². The van der Waals surface area contributed by atoms with Crippen molar-refractivity contribution >= 4 is 23.2 Å². The SMILES string of the molecule is C[C@@H](Nc1ncnc2c1NC(=O)CN2)c1ccccn1. The van der Waals surface area contributed by atoms with Crippen LogP contribution in [0.25, 0.3) is 0 Å². The lowest BCUT2D eigenvalue weighted by Gasteiger charge is -2.22. The first-order valence-electron chi connectivity index (χ1n) is 6.30. The van der Waals surface area contributed by atoms with E-state index in [0.717, 1.165) is 5.69 Å². The maximum atomic E-state index is 11.5. The largest absolute Gasteiger partial charge is 0.360 e. The zero-order chi connectivity index (χ0) is 13.9. The van der Waals surface area contributed by atoms with E-state index in [2.05, 4.69) is 30.9 Å². The van der Waals surface area contributed by atoms with Crippen LogP contribution in [-0.4, -0.2) is 27.4 Å². The Morgan fingerprint density at radius 3 is 3.00 bits per heavy atom. The van der Waals surface area contributed by atoms with Crippen LogP contribution in [0.1, 0.15) is 18.7 Å². The van der Waals surface area contributed by atoms with Gasteiger partial charge in [0.1, 0.15) is 12.0 Å². The van der Waals surface area contributed by atoms with Crippen LogP contribution in [0, 0.1) is 0 Å². The zero-order valence-corrected chi connectivity index (χ0v) is 10.9. The molecule has 1 aliphatic rings. The number of hydrogen-bond donors (Lipinski definition) is 3. The molecule has 3 heterocycles. The van der Waals surface area contributed by atoms with E-state index >= 15 is 0 Å². The van der Waals surface area contributed by atoms with Crippen molar-refractivity contribution in [2.24, 2.45) is 0 Å². The molecule has 1 aliphatic heterocycles. The Morgan fingerprint density at radius 2 is 2.20 bits per heavy atom. The van der Waals surface area contributed by atoms with Gasteiger partial charge in [0.25, 0.3) is 0 Å². The van der Waals surface area contributed by atoms with Gasteiger partial charge in [-0.15, -0.1) is 0 Å². The van der Waals surface area contributed by atoms with Gasteiger partial charge in [0.15, 0.2) is 11.6 Å². The van der Waals surface area contributed by atoms with Gasteiger partial charge in [-0.05, 0) is 19.1 Å². The predicted octanol–water partition coefficient (Wildman–Crippen LogP) is 1.41. The Bertz CT molecular complexity index is 630. The van der Waals surface area contributed by atoms with Gasteiger partial charge in [0.05, 0.1) is 18.3 Å². The molecule has 0 radical (unpaired) electrons. The summed E-state index contributed by atoms with van der Waals surface area (Å²) in [6.45, 7) is 2.20. The summed E-state index contributed by atoms with van der Waals surface area (Å²) in [6, 6.07) is 5.70. The highest BCUT2D eigenvalue weighted by Gasteiger charge is 2.20. The summed E-state index contributed by atoms with van der Waals surface area (Å²) in [4.78, 5) is 24.0. The molecule has 1 atom stereocenters. The molecule has 7 nitrogen and oxygen atoms in total. The number of rotatable bonds is 3. The third kappa shape index (κ3) is 2.37. The summed E-state index contributed by atoms with van der Waals surface area (Å²) in [5.41, 5.74) is 1.47. The summed E-state index contributed by atoms with van der Waals surface area (Å²) in [5.74, 6) is 1.09. The molecular formula is C13H14N6O. The fourth-order valence-electron chi connectivity index (χ4n) is 2.01. The fourth-order valence-corrected chi connectivity index (χ4v) is 2.01. The van der Waals surface area contributed by atoms with Crippen LogP contribution in [0.5, 0.6) is 0 Å². The van der Waals surface area contributed by atoms with E-state index < -0.39 is 0 Å². The summed E-state index contributed by atoms with van der Waals surface area (Å²) < 4.78 is 0. The van der Waals surface area contributed by atoms with Gasteiger partial charge < -0.3 is 16.0 Å². The topological polar surface area (TPSA) is 91.8 Å². The standard InChI is InChI=1S/C13H14N6O/c1-8(9-4-2-3-5-14-9)18-13-11-12(16-7-17-13)15-6-10(20)19-11/h2-5,7-8H,6H2,1H3,(H,19,20)(H2,15,16,17,18)/t8-/m1/s1. The first-order valence-corrected chi connectivity index (χ1v) is 6.30. The summed E-state index contributed by atoms with van der Waals surface area (Å²) in [5, 5.41) is 8.96. The monoisotopic (exact) mass is 270 g/mol. The number of fused-ring (bicyclic) bond motifs is 1. The number of hydrogen-bond acceptors (Lipinski definition) is 6. The average molecular weight is 270 g/mol. The molecule has 7 heteroatoms.